The molecule has 0 heterocycles. The third-order valence-electron chi connectivity index (χ3n) is 8.09. The van der Waals surface area contributed by atoms with Crippen LogP contribution in [0.1, 0.15) is 22.3 Å². The smallest absolute Gasteiger partial charge is 0.416 e. The molecule has 0 saturated heterocycles. The molecule has 5 atom stereocenters. The van der Waals surface area contributed by atoms with E-state index in [1.54, 1.807) is 0 Å². The van der Waals surface area contributed by atoms with E-state index in [9.17, 15) is 53.1 Å². The number of amides is 1. The molecule has 3 aliphatic rings. The van der Waals surface area contributed by atoms with Crippen LogP contribution in [-0.4, -0.2) is 79.7 Å². The molecule has 42 heavy (non-hydrogen) atoms. The second-order valence-electron chi connectivity index (χ2n) is 10.6. The lowest BCUT2D eigenvalue weighted by Crippen LogP contribution is -2.70. The van der Waals surface area contributed by atoms with E-state index in [-0.39, 0.29) is 22.3 Å². The van der Waals surface area contributed by atoms with Crippen LogP contribution in [-0.2, 0) is 20.6 Å². The largest absolute Gasteiger partial charge is 0.508 e. The molecule has 2 aromatic rings. The lowest BCUT2D eigenvalue weighted by Gasteiger charge is -2.53. The number of Topliss-reactive ketones (excluding diaryl/α,β-unsaturated/α-hetero) is 2. The van der Waals surface area contributed by atoms with Gasteiger partial charge in [0.25, 0.3) is 5.91 Å². The van der Waals surface area contributed by atoms with Gasteiger partial charge in [0.05, 0.1) is 34.8 Å². The number of halogens is 3. The first kappa shape index (κ1) is 29.0. The summed E-state index contributed by atoms with van der Waals surface area (Å²) in [4.78, 5) is 40.8. The zero-order chi connectivity index (χ0) is 31.0. The maximum atomic E-state index is 14.1. The molecule has 0 radical (unpaired) electrons. The van der Waals surface area contributed by atoms with E-state index in [4.69, 9.17) is 5.73 Å². The van der Waals surface area contributed by atoms with Crippen molar-refractivity contribution in [2.24, 2.45) is 17.6 Å². The van der Waals surface area contributed by atoms with E-state index in [2.05, 4.69) is 0 Å². The quantitative estimate of drug-likeness (QED) is 0.293. The Morgan fingerprint density at radius 2 is 1.67 bits per heavy atom. The molecule has 7 N–H and O–H groups in total. The molecule has 5 rings (SSSR count). The van der Waals surface area contributed by atoms with E-state index in [1.807, 2.05) is 0 Å². The molecule has 3 aliphatic carbocycles. The lowest BCUT2D eigenvalue weighted by molar-refractivity contribution is -0.166. The summed E-state index contributed by atoms with van der Waals surface area (Å²) in [6.45, 7) is 0. The van der Waals surface area contributed by atoms with Gasteiger partial charge >= 0.3 is 6.18 Å². The fraction of sp³-hybridized carbons (Fsp3) is 0.276. The number of rotatable bonds is 3. The highest BCUT2D eigenvalue weighted by atomic mass is 19.4. The lowest BCUT2D eigenvalue weighted by atomic mass is 9.55. The Morgan fingerprint density at radius 1 is 1.05 bits per heavy atom. The van der Waals surface area contributed by atoms with E-state index in [1.165, 1.54) is 43.3 Å². The Bertz CT molecular complexity index is 1640. The summed E-state index contributed by atoms with van der Waals surface area (Å²) in [5, 5.41) is 56.5. The molecule has 0 aliphatic heterocycles. The standard InChI is InChI=1S/C29H25F3N2O8/c1-34(2)21-20-23(37)17-14(10-11-6-8-12(9-7-11)29(30,31)32)13-4-3-5-15(35)16(13)22(36)18(17)25(39)28(20,42)26(40)19(24(21)38)27(33)41/h3-10,17,20-21,23,35-37,40,42H,1-2H3,(H2,33,41)/b14-10+. The number of carbonyl (C=O) groups is 3. The number of alkyl halides is 3. The molecule has 13 heteroatoms. The first-order valence-corrected chi connectivity index (χ1v) is 12.6. The summed E-state index contributed by atoms with van der Waals surface area (Å²) in [5.41, 5.74) is -0.349. The fourth-order valence-corrected chi connectivity index (χ4v) is 6.26. The monoisotopic (exact) mass is 586 g/mol. The number of benzene rings is 2. The number of aliphatic hydroxyl groups excluding tert-OH is 3. The summed E-state index contributed by atoms with van der Waals surface area (Å²) in [5.74, 6) is -9.91. The number of fused-ring (bicyclic) bond motifs is 3. The van der Waals surface area contributed by atoms with Crippen molar-refractivity contribution in [3.63, 3.8) is 0 Å². The Hall–Kier alpha value is -4.46. The van der Waals surface area contributed by atoms with Crippen LogP contribution in [0.15, 0.2) is 59.4 Å². The average Bonchev–Trinajstić information content (AvgIpc) is 2.89. The summed E-state index contributed by atoms with van der Waals surface area (Å²) in [6.07, 6.45) is -5.17. The van der Waals surface area contributed by atoms with Crippen LogP contribution in [0.3, 0.4) is 0 Å². The van der Waals surface area contributed by atoms with E-state index < -0.39 is 87.2 Å². The van der Waals surface area contributed by atoms with Crippen LogP contribution in [0.2, 0.25) is 0 Å². The van der Waals surface area contributed by atoms with Gasteiger partial charge in [0.15, 0.2) is 11.4 Å². The number of primary amides is 1. The van der Waals surface area contributed by atoms with E-state index >= 15 is 0 Å². The number of hydrogen-bond acceptors (Lipinski definition) is 9. The first-order chi connectivity index (χ1) is 19.5. The van der Waals surface area contributed by atoms with Crippen LogP contribution < -0.4 is 5.73 Å². The van der Waals surface area contributed by atoms with Gasteiger partial charge in [-0.15, -0.1) is 0 Å². The molecule has 1 saturated carbocycles. The van der Waals surface area contributed by atoms with Gasteiger partial charge in [-0.1, -0.05) is 30.3 Å². The van der Waals surface area contributed by atoms with Gasteiger partial charge in [-0.3, -0.25) is 19.3 Å². The Balaban J connectivity index is 1.81. The van der Waals surface area contributed by atoms with Gasteiger partial charge in [0.2, 0.25) is 5.78 Å². The minimum absolute atomic E-state index is 0.0606. The molecule has 1 fully saturated rings. The van der Waals surface area contributed by atoms with Crippen LogP contribution >= 0.6 is 0 Å². The highest BCUT2D eigenvalue weighted by Crippen LogP contribution is 2.56. The van der Waals surface area contributed by atoms with Gasteiger partial charge in [-0.2, -0.15) is 13.2 Å². The number of phenolic OH excluding ortho intramolecular Hbond substituents is 1. The van der Waals surface area contributed by atoms with Gasteiger partial charge in [-0.25, -0.2) is 0 Å². The number of aromatic hydroxyl groups is 1. The molecular formula is C29H25F3N2O8. The molecule has 0 spiro atoms. The SMILES string of the molecule is CN(C)C1C(=O)C(C(N)=O)=C(O)C2(O)C(=O)C3=C(O)c4c(O)cccc4/C(=C\c4ccc(C(F)(F)F)cc4)C3C(O)C12. The molecular weight excluding hydrogens is 561 g/mol. The fourth-order valence-electron chi connectivity index (χ4n) is 6.26. The summed E-state index contributed by atoms with van der Waals surface area (Å²) in [7, 11) is 2.74. The van der Waals surface area contributed by atoms with Gasteiger partial charge in [-0.05, 0) is 49.0 Å². The summed E-state index contributed by atoms with van der Waals surface area (Å²) < 4.78 is 39.5. The highest BCUT2D eigenvalue weighted by molar-refractivity contribution is 6.25. The molecule has 1 amide bonds. The Morgan fingerprint density at radius 3 is 2.21 bits per heavy atom. The minimum Gasteiger partial charge on any atom is -0.508 e. The van der Waals surface area contributed by atoms with Gasteiger partial charge < -0.3 is 31.3 Å². The number of nitrogens with zero attached hydrogens (tertiary/aromatic N) is 1. The molecule has 220 valence electrons. The second-order valence-corrected chi connectivity index (χ2v) is 10.6. The predicted octanol–water partition coefficient (Wildman–Crippen LogP) is 1.95. The minimum atomic E-state index is -4.61. The molecule has 10 nitrogen and oxygen atoms in total. The maximum Gasteiger partial charge on any atom is 0.416 e. The van der Waals surface area contributed by atoms with Crippen LogP contribution in [0.4, 0.5) is 13.2 Å². The van der Waals surface area contributed by atoms with Crippen molar-refractivity contribution in [3.8, 4) is 5.75 Å². The number of phenols is 1. The predicted molar refractivity (Wildman–Crippen MR) is 141 cm³/mol. The first-order valence-electron chi connectivity index (χ1n) is 12.6. The zero-order valence-electron chi connectivity index (χ0n) is 22.0. The topological polar surface area (TPSA) is 182 Å². The number of carbonyl (C=O) groups excluding carboxylic acids is 3. The number of aliphatic hydroxyl groups is 4. The third kappa shape index (κ3) is 3.95. The summed E-state index contributed by atoms with van der Waals surface area (Å²) in [6, 6.07) is 6.40. The highest BCUT2D eigenvalue weighted by Gasteiger charge is 2.68. The summed E-state index contributed by atoms with van der Waals surface area (Å²) >= 11 is 0. The van der Waals surface area contributed by atoms with Gasteiger partial charge in [0.1, 0.15) is 22.8 Å². The number of hydrogen-bond donors (Lipinski definition) is 6. The Kier molecular flexibility index (Phi) is 6.60. The van der Waals surface area contributed by atoms with Crippen LogP contribution in [0.25, 0.3) is 17.4 Å². The van der Waals surface area contributed by atoms with Crippen molar-refractivity contribution in [2.45, 2.75) is 23.9 Å². The number of nitrogens with two attached hydrogens (primary N) is 1. The number of likely N-dealkylation sites (N-methyl/N-ethyl adjacent to an activating group) is 1. The maximum absolute atomic E-state index is 14.1. The van der Waals surface area contributed by atoms with Crippen molar-refractivity contribution in [1.82, 2.24) is 4.90 Å². The van der Waals surface area contributed by atoms with Crippen molar-refractivity contribution in [1.29, 1.82) is 0 Å². The van der Waals surface area contributed by atoms with Crippen molar-refractivity contribution in [2.75, 3.05) is 14.1 Å². The van der Waals surface area contributed by atoms with Crippen LogP contribution in [0.5, 0.6) is 5.75 Å². The molecule has 2 aromatic carbocycles. The van der Waals surface area contributed by atoms with E-state index in [0.29, 0.717) is 0 Å². The van der Waals surface area contributed by atoms with Crippen molar-refractivity contribution >= 4 is 34.9 Å². The van der Waals surface area contributed by atoms with Crippen molar-refractivity contribution < 1.29 is 53.1 Å². The average molecular weight is 587 g/mol. The van der Waals surface area contributed by atoms with Crippen LogP contribution in [0, 0.1) is 11.8 Å². The third-order valence-corrected chi connectivity index (χ3v) is 8.09. The van der Waals surface area contributed by atoms with Gasteiger partial charge in [0, 0.05) is 5.92 Å². The molecule has 0 bridgehead atoms. The number of ketones is 2. The zero-order valence-corrected chi connectivity index (χ0v) is 22.0. The second kappa shape index (κ2) is 9.54. The van der Waals surface area contributed by atoms with E-state index in [0.717, 1.165) is 24.3 Å². The van der Waals surface area contributed by atoms with Crippen molar-refractivity contribution in [3.05, 3.63) is 81.6 Å². The Labute approximate surface area is 236 Å². The normalized spacial score (nSPS) is 28.6. The molecule has 5 unspecified atom stereocenters. The molecule has 0 aromatic heterocycles.